The van der Waals surface area contributed by atoms with Crippen LogP contribution in [-0.2, 0) is 11.2 Å². The molecule has 0 saturated carbocycles. The predicted molar refractivity (Wildman–Crippen MR) is 73.3 cm³/mol. The maximum absolute atomic E-state index is 13.4. The van der Waals surface area contributed by atoms with Crippen LogP contribution in [0.4, 0.5) is 13.2 Å². The fourth-order valence-electron chi connectivity index (χ4n) is 2.69. The lowest BCUT2D eigenvalue weighted by atomic mass is 9.97. The number of hydrogen-bond acceptors (Lipinski definition) is 2. The number of amides is 1. The van der Waals surface area contributed by atoms with Gasteiger partial charge in [0, 0.05) is 12.0 Å². The van der Waals surface area contributed by atoms with Crippen molar-refractivity contribution >= 4 is 5.91 Å². The highest BCUT2D eigenvalue weighted by Crippen LogP contribution is 2.35. The van der Waals surface area contributed by atoms with Crippen molar-refractivity contribution in [2.45, 2.75) is 50.9 Å². The molecular formula is C15H19F3N2O. The second-order valence-corrected chi connectivity index (χ2v) is 5.98. The minimum absolute atomic E-state index is 0.0743. The van der Waals surface area contributed by atoms with Gasteiger partial charge >= 0.3 is 6.18 Å². The normalized spacial score (nSPS) is 20.3. The number of nitrogens with zero attached hydrogens (tertiary/aromatic N) is 1. The number of hydrazine groups is 1. The van der Waals surface area contributed by atoms with Gasteiger partial charge in [-0.15, -0.1) is 0 Å². The molecule has 6 heteroatoms. The van der Waals surface area contributed by atoms with Gasteiger partial charge in [-0.2, -0.15) is 13.2 Å². The Morgan fingerprint density at radius 3 is 2.38 bits per heavy atom. The van der Waals surface area contributed by atoms with Crippen molar-refractivity contribution in [2.24, 2.45) is 0 Å². The first kappa shape index (κ1) is 15.8. The Morgan fingerprint density at radius 2 is 1.90 bits per heavy atom. The number of rotatable bonds is 4. The van der Waals surface area contributed by atoms with Gasteiger partial charge in [0.05, 0.1) is 0 Å². The van der Waals surface area contributed by atoms with E-state index in [0.29, 0.717) is 6.42 Å². The first-order valence-electron chi connectivity index (χ1n) is 6.89. The van der Waals surface area contributed by atoms with E-state index in [0.717, 1.165) is 10.6 Å². The van der Waals surface area contributed by atoms with Crippen LogP contribution in [0.1, 0.15) is 32.3 Å². The summed E-state index contributed by atoms with van der Waals surface area (Å²) in [6.45, 7) is 3.29. The Balaban J connectivity index is 2.14. The van der Waals surface area contributed by atoms with E-state index in [2.05, 4.69) is 5.43 Å². The average Bonchev–Trinajstić information content (AvgIpc) is 2.62. The molecule has 0 aromatic heterocycles. The van der Waals surface area contributed by atoms with Gasteiger partial charge in [-0.3, -0.25) is 10.2 Å². The van der Waals surface area contributed by atoms with Crippen LogP contribution in [0, 0.1) is 0 Å². The van der Waals surface area contributed by atoms with E-state index in [1.165, 1.54) is 0 Å². The summed E-state index contributed by atoms with van der Waals surface area (Å²) < 4.78 is 40.1. The van der Waals surface area contributed by atoms with E-state index >= 15 is 0 Å². The SMILES string of the molecule is CC1(C)CC(=O)NN1[C@@H](CCc1ccccc1)C(F)(F)F. The number of halogens is 3. The number of hydrogen-bond donors (Lipinski definition) is 1. The van der Waals surface area contributed by atoms with Crippen LogP contribution >= 0.6 is 0 Å². The maximum Gasteiger partial charge on any atom is 0.405 e. The topological polar surface area (TPSA) is 32.3 Å². The van der Waals surface area contributed by atoms with Gasteiger partial charge in [0.1, 0.15) is 6.04 Å². The zero-order chi connectivity index (χ0) is 15.7. The van der Waals surface area contributed by atoms with Crippen molar-refractivity contribution < 1.29 is 18.0 Å². The van der Waals surface area contributed by atoms with Crippen LogP contribution in [-0.4, -0.2) is 28.7 Å². The molecule has 2 rings (SSSR count). The lowest BCUT2D eigenvalue weighted by Gasteiger charge is -2.37. The summed E-state index contributed by atoms with van der Waals surface area (Å²) in [6.07, 6.45) is -4.08. The number of carbonyl (C=O) groups excluding carboxylic acids is 1. The van der Waals surface area contributed by atoms with Crippen LogP contribution in [0.15, 0.2) is 30.3 Å². The maximum atomic E-state index is 13.4. The number of alkyl halides is 3. The standard InChI is InChI=1S/C15H19F3N2O/c1-14(2)10-13(21)19-20(14)12(15(16,17)18)9-8-11-6-4-3-5-7-11/h3-7,12H,8-10H2,1-2H3,(H,19,21)/t12-/m0/s1. The predicted octanol–water partition coefficient (Wildman–Crippen LogP) is 3.07. The second kappa shape index (κ2) is 5.67. The highest BCUT2D eigenvalue weighted by Gasteiger charge is 2.51. The zero-order valence-corrected chi connectivity index (χ0v) is 12.1. The Kier molecular flexibility index (Phi) is 4.27. The Hall–Kier alpha value is -1.56. The Bertz CT molecular complexity index is 499. The molecule has 0 aliphatic carbocycles. The molecule has 1 aliphatic heterocycles. The molecule has 21 heavy (non-hydrogen) atoms. The van der Waals surface area contributed by atoms with E-state index in [-0.39, 0.29) is 18.7 Å². The van der Waals surface area contributed by atoms with Crippen molar-refractivity contribution in [3.8, 4) is 0 Å². The molecule has 1 fully saturated rings. The summed E-state index contributed by atoms with van der Waals surface area (Å²) in [6, 6.07) is 7.37. The van der Waals surface area contributed by atoms with E-state index < -0.39 is 17.8 Å². The fraction of sp³-hybridized carbons (Fsp3) is 0.533. The summed E-state index contributed by atoms with van der Waals surface area (Å²) in [5.41, 5.74) is 2.38. The van der Waals surface area contributed by atoms with Gasteiger partial charge in [-0.1, -0.05) is 30.3 Å². The lowest BCUT2D eigenvalue weighted by molar-refractivity contribution is -0.202. The van der Waals surface area contributed by atoms with Crippen LogP contribution in [0.25, 0.3) is 0 Å². The number of carbonyl (C=O) groups is 1. The zero-order valence-electron chi connectivity index (χ0n) is 12.1. The summed E-state index contributed by atoms with van der Waals surface area (Å²) in [5, 5.41) is 1.07. The van der Waals surface area contributed by atoms with Crippen molar-refractivity contribution in [2.75, 3.05) is 0 Å². The highest BCUT2D eigenvalue weighted by molar-refractivity contribution is 5.78. The molecule has 1 saturated heterocycles. The van der Waals surface area contributed by atoms with Crippen molar-refractivity contribution in [1.82, 2.24) is 10.4 Å². The molecule has 116 valence electrons. The number of benzene rings is 1. The average molecular weight is 300 g/mol. The van der Waals surface area contributed by atoms with Crippen molar-refractivity contribution in [1.29, 1.82) is 0 Å². The molecule has 3 nitrogen and oxygen atoms in total. The van der Waals surface area contributed by atoms with Gasteiger partial charge in [0.25, 0.3) is 0 Å². The smallest absolute Gasteiger partial charge is 0.288 e. The van der Waals surface area contributed by atoms with Gasteiger partial charge in [0.15, 0.2) is 0 Å². The van der Waals surface area contributed by atoms with Crippen molar-refractivity contribution in [3.05, 3.63) is 35.9 Å². The number of nitrogens with one attached hydrogen (secondary N) is 1. The van der Waals surface area contributed by atoms with Gasteiger partial charge in [-0.05, 0) is 32.3 Å². The molecule has 0 unspecified atom stereocenters. The third-order valence-electron chi connectivity index (χ3n) is 3.73. The Morgan fingerprint density at radius 1 is 1.29 bits per heavy atom. The van der Waals surface area contributed by atoms with E-state index in [4.69, 9.17) is 0 Å². The molecule has 1 amide bonds. The summed E-state index contributed by atoms with van der Waals surface area (Å²) in [4.78, 5) is 11.5. The van der Waals surface area contributed by atoms with Crippen LogP contribution in [0.2, 0.25) is 0 Å². The quantitative estimate of drug-likeness (QED) is 0.927. The van der Waals surface area contributed by atoms with Crippen LogP contribution < -0.4 is 5.43 Å². The first-order chi connectivity index (χ1) is 9.70. The third-order valence-corrected chi connectivity index (χ3v) is 3.73. The summed E-state index contributed by atoms with van der Waals surface area (Å²) >= 11 is 0. The minimum Gasteiger partial charge on any atom is -0.288 e. The molecule has 0 spiro atoms. The fourth-order valence-corrected chi connectivity index (χ4v) is 2.69. The van der Waals surface area contributed by atoms with E-state index in [1.807, 2.05) is 6.07 Å². The lowest BCUT2D eigenvalue weighted by Crippen LogP contribution is -2.56. The van der Waals surface area contributed by atoms with Gasteiger partial charge < -0.3 is 0 Å². The molecule has 1 heterocycles. The molecule has 0 bridgehead atoms. The largest absolute Gasteiger partial charge is 0.405 e. The molecule has 1 aromatic carbocycles. The molecular weight excluding hydrogens is 281 g/mol. The van der Waals surface area contributed by atoms with Crippen LogP contribution in [0.5, 0.6) is 0 Å². The molecule has 1 aliphatic rings. The molecule has 1 N–H and O–H groups in total. The monoisotopic (exact) mass is 300 g/mol. The number of aryl methyl sites for hydroxylation is 1. The van der Waals surface area contributed by atoms with E-state index in [9.17, 15) is 18.0 Å². The first-order valence-corrected chi connectivity index (χ1v) is 6.89. The summed E-state index contributed by atoms with van der Waals surface area (Å²) in [5.74, 6) is -0.367. The van der Waals surface area contributed by atoms with Crippen LogP contribution in [0.3, 0.4) is 0 Å². The Labute approximate surface area is 122 Å². The minimum atomic E-state index is -4.39. The second-order valence-electron chi connectivity index (χ2n) is 5.98. The van der Waals surface area contributed by atoms with Crippen molar-refractivity contribution in [3.63, 3.8) is 0 Å². The van der Waals surface area contributed by atoms with E-state index in [1.54, 1.807) is 38.1 Å². The molecule has 1 aromatic rings. The summed E-state index contributed by atoms with van der Waals surface area (Å²) in [7, 11) is 0. The molecule has 0 radical (unpaired) electrons. The third kappa shape index (κ3) is 3.75. The molecule has 1 atom stereocenters. The van der Waals surface area contributed by atoms with Gasteiger partial charge in [0.2, 0.25) is 5.91 Å². The highest BCUT2D eigenvalue weighted by atomic mass is 19.4. The van der Waals surface area contributed by atoms with Gasteiger partial charge in [-0.25, -0.2) is 5.01 Å².